The van der Waals surface area contributed by atoms with Crippen LogP contribution in [0.2, 0.25) is 0 Å². The first kappa shape index (κ1) is 20.9. The molecule has 7 nitrogen and oxygen atoms in total. The number of carbonyl (C=O) groups is 2. The van der Waals surface area contributed by atoms with Crippen LogP contribution >= 0.6 is 0 Å². The molecule has 0 unspecified atom stereocenters. The summed E-state index contributed by atoms with van der Waals surface area (Å²) in [6.07, 6.45) is 8.72. The predicted octanol–water partition coefficient (Wildman–Crippen LogP) is 4.17. The quantitative estimate of drug-likeness (QED) is 0.250. The van der Waals surface area contributed by atoms with Gasteiger partial charge in [0.1, 0.15) is 0 Å². The first-order chi connectivity index (χ1) is 13.0. The number of unbranched alkanes of at least 4 members (excludes halogenated alkanes) is 6. The summed E-state index contributed by atoms with van der Waals surface area (Å²) >= 11 is 0. The number of methoxy groups -OCH3 is 1. The van der Waals surface area contributed by atoms with Crippen LogP contribution in [-0.4, -0.2) is 30.5 Å². The Morgan fingerprint density at radius 1 is 1.07 bits per heavy atom. The van der Waals surface area contributed by atoms with Gasteiger partial charge in [-0.3, -0.25) is 19.7 Å². The monoisotopic (exact) mass is 376 g/mol. The molecule has 1 heterocycles. The summed E-state index contributed by atoms with van der Waals surface area (Å²) in [7, 11) is 1.41. The lowest BCUT2D eigenvalue weighted by atomic mass is 10.1. The minimum absolute atomic E-state index is 0.0284. The molecule has 7 heteroatoms. The molecular formula is C20H28N2O5. The number of carbonyl (C=O) groups excluding carboxylic acids is 2. The third-order valence-corrected chi connectivity index (χ3v) is 4.98. The highest BCUT2D eigenvalue weighted by Gasteiger charge is 2.26. The van der Waals surface area contributed by atoms with Gasteiger partial charge in [0.2, 0.25) is 5.91 Å². The van der Waals surface area contributed by atoms with E-state index in [4.69, 9.17) is 0 Å². The van der Waals surface area contributed by atoms with Gasteiger partial charge in [-0.05, 0) is 24.8 Å². The molecule has 0 saturated heterocycles. The molecule has 0 N–H and O–H groups in total. The molecule has 0 radical (unpaired) electrons. The molecule has 2 rings (SSSR count). The molecule has 1 aromatic carbocycles. The van der Waals surface area contributed by atoms with E-state index in [2.05, 4.69) is 4.74 Å². The molecule has 1 amide bonds. The molecule has 0 saturated carbocycles. The zero-order valence-electron chi connectivity index (χ0n) is 15.9. The summed E-state index contributed by atoms with van der Waals surface area (Å²) in [6.45, 7) is 0.607. The number of esters is 1. The van der Waals surface area contributed by atoms with Crippen molar-refractivity contribution in [1.29, 1.82) is 0 Å². The van der Waals surface area contributed by atoms with E-state index in [1.165, 1.54) is 19.2 Å². The maximum atomic E-state index is 12.5. The molecule has 0 spiro atoms. The van der Waals surface area contributed by atoms with Gasteiger partial charge in [0, 0.05) is 31.5 Å². The SMILES string of the molecule is COC(=O)CCCCCCCCCC(=O)N1CCc2ccc([N+](=O)[O-])cc21. The zero-order valence-corrected chi connectivity index (χ0v) is 15.9. The predicted molar refractivity (Wildman–Crippen MR) is 103 cm³/mol. The molecular weight excluding hydrogens is 348 g/mol. The fourth-order valence-corrected chi connectivity index (χ4v) is 3.41. The van der Waals surface area contributed by atoms with Crippen LogP contribution in [0.4, 0.5) is 11.4 Å². The van der Waals surface area contributed by atoms with Crippen molar-refractivity contribution in [2.24, 2.45) is 0 Å². The number of ether oxygens (including phenoxy) is 1. The summed E-state index contributed by atoms with van der Waals surface area (Å²) in [5, 5.41) is 10.9. The number of fused-ring (bicyclic) bond motifs is 1. The normalized spacial score (nSPS) is 12.7. The van der Waals surface area contributed by atoms with E-state index in [1.54, 1.807) is 11.0 Å². The van der Waals surface area contributed by atoms with Gasteiger partial charge >= 0.3 is 5.97 Å². The highest BCUT2D eigenvalue weighted by atomic mass is 16.6. The fourth-order valence-electron chi connectivity index (χ4n) is 3.41. The molecule has 0 fully saturated rings. The van der Waals surface area contributed by atoms with E-state index >= 15 is 0 Å². The molecule has 1 aromatic rings. The largest absolute Gasteiger partial charge is 0.469 e. The van der Waals surface area contributed by atoms with Gasteiger partial charge < -0.3 is 9.64 Å². The van der Waals surface area contributed by atoms with Crippen molar-refractivity contribution in [2.75, 3.05) is 18.6 Å². The summed E-state index contributed by atoms with van der Waals surface area (Å²) < 4.78 is 4.61. The van der Waals surface area contributed by atoms with E-state index in [1.807, 2.05) is 0 Å². The molecule has 0 aromatic heterocycles. The topological polar surface area (TPSA) is 89.8 Å². The molecule has 27 heavy (non-hydrogen) atoms. The number of non-ortho nitro benzene ring substituents is 1. The smallest absolute Gasteiger partial charge is 0.305 e. The van der Waals surface area contributed by atoms with E-state index in [-0.39, 0.29) is 17.6 Å². The third kappa shape index (κ3) is 6.34. The minimum atomic E-state index is -0.424. The second-order valence-corrected chi connectivity index (χ2v) is 6.92. The second kappa shape index (κ2) is 10.6. The Kier molecular flexibility index (Phi) is 8.23. The van der Waals surface area contributed by atoms with Crippen molar-refractivity contribution < 1.29 is 19.2 Å². The Morgan fingerprint density at radius 2 is 1.70 bits per heavy atom. The average molecular weight is 376 g/mol. The number of nitrogens with zero attached hydrogens (tertiary/aromatic N) is 2. The number of rotatable bonds is 11. The van der Waals surface area contributed by atoms with Crippen molar-refractivity contribution in [1.82, 2.24) is 0 Å². The van der Waals surface area contributed by atoms with Crippen molar-refractivity contribution in [3.05, 3.63) is 33.9 Å². The Morgan fingerprint density at radius 3 is 2.33 bits per heavy atom. The molecule has 148 valence electrons. The van der Waals surface area contributed by atoms with Gasteiger partial charge in [0.05, 0.1) is 17.7 Å². The van der Waals surface area contributed by atoms with Gasteiger partial charge in [0.15, 0.2) is 0 Å². The van der Waals surface area contributed by atoms with Crippen LogP contribution in [0.1, 0.15) is 63.4 Å². The van der Waals surface area contributed by atoms with Crippen LogP contribution in [0.15, 0.2) is 18.2 Å². The zero-order chi connectivity index (χ0) is 19.6. The second-order valence-electron chi connectivity index (χ2n) is 6.92. The Labute approximate surface area is 159 Å². The highest BCUT2D eigenvalue weighted by Crippen LogP contribution is 2.32. The van der Waals surface area contributed by atoms with Crippen LogP contribution in [0.5, 0.6) is 0 Å². The number of nitro groups is 1. The highest BCUT2D eigenvalue weighted by molar-refractivity contribution is 5.95. The number of anilines is 1. The van der Waals surface area contributed by atoms with Gasteiger partial charge in [0.25, 0.3) is 5.69 Å². The maximum absolute atomic E-state index is 12.5. The molecule has 0 atom stereocenters. The lowest BCUT2D eigenvalue weighted by Crippen LogP contribution is -2.28. The Balaban J connectivity index is 1.63. The summed E-state index contributed by atoms with van der Waals surface area (Å²) in [4.78, 5) is 35.7. The number of nitro benzene ring substituents is 1. The van der Waals surface area contributed by atoms with Crippen LogP contribution in [0.3, 0.4) is 0 Å². The van der Waals surface area contributed by atoms with Crippen LogP contribution in [0.25, 0.3) is 0 Å². The van der Waals surface area contributed by atoms with Crippen molar-refractivity contribution in [3.8, 4) is 0 Å². The first-order valence-corrected chi connectivity index (χ1v) is 9.67. The van der Waals surface area contributed by atoms with E-state index in [0.717, 1.165) is 56.9 Å². The fraction of sp³-hybridized carbons (Fsp3) is 0.600. The first-order valence-electron chi connectivity index (χ1n) is 9.67. The van der Waals surface area contributed by atoms with Crippen LogP contribution < -0.4 is 4.90 Å². The number of hydrogen-bond acceptors (Lipinski definition) is 5. The summed E-state index contributed by atoms with van der Waals surface area (Å²) in [6, 6.07) is 4.76. The van der Waals surface area contributed by atoms with Crippen molar-refractivity contribution in [3.63, 3.8) is 0 Å². The van der Waals surface area contributed by atoms with E-state index in [9.17, 15) is 19.7 Å². The summed E-state index contributed by atoms with van der Waals surface area (Å²) in [5.74, 6) is -0.102. The minimum Gasteiger partial charge on any atom is -0.469 e. The van der Waals surface area contributed by atoms with E-state index in [0.29, 0.717) is 25.1 Å². The molecule has 1 aliphatic heterocycles. The Hall–Kier alpha value is -2.44. The van der Waals surface area contributed by atoms with Gasteiger partial charge in [-0.15, -0.1) is 0 Å². The van der Waals surface area contributed by atoms with Gasteiger partial charge in [-0.1, -0.05) is 38.2 Å². The standard InChI is InChI=1S/C20H28N2O5/c1-27-20(24)10-8-6-4-2-3-5-7-9-19(23)21-14-13-16-11-12-17(22(25)26)15-18(16)21/h11-12,15H,2-10,13-14H2,1H3. The van der Waals surface area contributed by atoms with Gasteiger partial charge in [-0.2, -0.15) is 0 Å². The number of benzene rings is 1. The molecule has 1 aliphatic rings. The lowest BCUT2D eigenvalue weighted by molar-refractivity contribution is -0.384. The van der Waals surface area contributed by atoms with Gasteiger partial charge in [-0.25, -0.2) is 0 Å². The number of hydrogen-bond donors (Lipinski definition) is 0. The average Bonchev–Trinajstić information content (AvgIpc) is 3.09. The summed E-state index contributed by atoms with van der Waals surface area (Å²) in [5.41, 5.74) is 1.72. The number of amides is 1. The lowest BCUT2D eigenvalue weighted by Gasteiger charge is -2.17. The van der Waals surface area contributed by atoms with Crippen molar-refractivity contribution >= 4 is 23.3 Å². The molecule has 0 aliphatic carbocycles. The maximum Gasteiger partial charge on any atom is 0.305 e. The van der Waals surface area contributed by atoms with Crippen molar-refractivity contribution in [2.45, 2.75) is 64.2 Å². The third-order valence-electron chi connectivity index (χ3n) is 4.98. The Bertz CT molecular complexity index is 674. The van der Waals surface area contributed by atoms with Crippen LogP contribution in [-0.2, 0) is 20.7 Å². The van der Waals surface area contributed by atoms with E-state index < -0.39 is 4.92 Å². The van der Waals surface area contributed by atoms with Crippen LogP contribution in [0, 0.1) is 10.1 Å². The molecule has 0 bridgehead atoms.